The van der Waals surface area contributed by atoms with E-state index in [1.165, 1.54) is 0 Å². The fourth-order valence-electron chi connectivity index (χ4n) is 3.42. The second-order valence-corrected chi connectivity index (χ2v) is 6.23. The van der Waals surface area contributed by atoms with Crippen molar-refractivity contribution in [3.05, 3.63) is 48.0 Å². The number of amides is 1. The van der Waals surface area contributed by atoms with Crippen LogP contribution in [0.3, 0.4) is 0 Å². The van der Waals surface area contributed by atoms with Gasteiger partial charge >= 0.3 is 0 Å². The maximum absolute atomic E-state index is 12.1. The fraction of sp³-hybridized carbons (Fsp3) is 0.368. The number of pyridine rings is 1. The number of benzene rings is 1. The molecule has 0 spiro atoms. The third kappa shape index (κ3) is 2.82. The van der Waals surface area contributed by atoms with Gasteiger partial charge in [-0.3, -0.25) is 4.79 Å². The van der Waals surface area contributed by atoms with Crippen LogP contribution in [0.5, 0.6) is 5.88 Å². The molecule has 5 nitrogen and oxygen atoms in total. The Morgan fingerprint density at radius 1 is 1.17 bits per heavy atom. The lowest BCUT2D eigenvalue weighted by atomic mass is 9.83. The van der Waals surface area contributed by atoms with Crippen molar-refractivity contribution in [2.24, 2.45) is 5.92 Å². The molecule has 24 heavy (non-hydrogen) atoms. The van der Waals surface area contributed by atoms with Gasteiger partial charge in [-0.2, -0.15) is 4.98 Å². The van der Waals surface area contributed by atoms with Gasteiger partial charge in [-0.15, -0.1) is 0 Å². The van der Waals surface area contributed by atoms with Crippen molar-refractivity contribution in [2.45, 2.75) is 32.9 Å². The summed E-state index contributed by atoms with van der Waals surface area (Å²) in [6.07, 6.45) is 0. The van der Waals surface area contributed by atoms with Gasteiger partial charge in [0.1, 0.15) is 5.82 Å². The number of carbonyl (C=O) groups is 1. The number of hydrogen-bond donors (Lipinski definition) is 1. The molecule has 2 heterocycles. The van der Waals surface area contributed by atoms with Crippen LogP contribution in [0.25, 0.3) is 0 Å². The van der Waals surface area contributed by atoms with Crippen LogP contribution in [0.2, 0.25) is 0 Å². The van der Waals surface area contributed by atoms with E-state index in [2.05, 4.69) is 30.2 Å². The van der Waals surface area contributed by atoms with Crippen LogP contribution in [0, 0.1) is 5.92 Å². The lowest BCUT2D eigenvalue weighted by Gasteiger charge is -2.43. The Labute approximate surface area is 142 Å². The Morgan fingerprint density at radius 3 is 2.62 bits per heavy atom. The Bertz CT molecular complexity index is 747. The first kappa shape index (κ1) is 16.3. The third-order valence-corrected chi connectivity index (χ3v) is 4.80. The van der Waals surface area contributed by atoms with Crippen molar-refractivity contribution in [3.63, 3.8) is 0 Å². The Hall–Kier alpha value is -2.56. The predicted molar refractivity (Wildman–Crippen MR) is 95.4 cm³/mol. The van der Waals surface area contributed by atoms with Crippen molar-refractivity contribution >= 4 is 17.4 Å². The van der Waals surface area contributed by atoms with E-state index in [1.807, 2.05) is 41.3 Å². The number of fused-ring (bicyclic) bond motifs is 1. The molecular formula is C19H23N3O2. The van der Waals surface area contributed by atoms with Crippen LogP contribution >= 0.6 is 0 Å². The molecule has 126 valence electrons. The van der Waals surface area contributed by atoms with Crippen LogP contribution in [0.4, 0.5) is 11.5 Å². The maximum atomic E-state index is 12.1. The van der Waals surface area contributed by atoms with Gasteiger partial charge in [-0.1, -0.05) is 31.2 Å². The molecule has 0 fully saturated rings. The van der Waals surface area contributed by atoms with E-state index in [4.69, 9.17) is 4.74 Å². The average Bonchev–Trinajstić information content (AvgIpc) is 2.59. The minimum absolute atomic E-state index is 0.0692. The zero-order chi connectivity index (χ0) is 17.3. The molecular weight excluding hydrogens is 302 g/mol. The number of carbonyl (C=O) groups excluding carboxylic acids is 1. The van der Waals surface area contributed by atoms with E-state index >= 15 is 0 Å². The summed E-state index contributed by atoms with van der Waals surface area (Å²) >= 11 is 0. The van der Waals surface area contributed by atoms with Gasteiger partial charge in [-0.25, -0.2) is 0 Å². The molecule has 2 aromatic rings. The highest BCUT2D eigenvalue weighted by molar-refractivity contribution is 5.93. The number of methoxy groups -OCH3 is 1. The number of hydrogen-bond acceptors (Lipinski definition) is 4. The summed E-state index contributed by atoms with van der Waals surface area (Å²) < 4.78 is 5.21. The molecule has 1 N–H and O–H groups in total. The SMILES string of the molecule is COc1cccc(NC2c3ccccc3N(C(C)=O)C(C)C2C)n1. The monoisotopic (exact) mass is 325 g/mol. The summed E-state index contributed by atoms with van der Waals surface area (Å²) in [6.45, 7) is 5.88. The van der Waals surface area contributed by atoms with Crippen molar-refractivity contribution in [1.29, 1.82) is 0 Å². The Kier molecular flexibility index (Phi) is 4.42. The molecule has 1 aliphatic rings. The summed E-state index contributed by atoms with van der Waals surface area (Å²) in [6, 6.07) is 13.9. The first-order chi connectivity index (χ1) is 11.5. The average molecular weight is 325 g/mol. The highest BCUT2D eigenvalue weighted by Crippen LogP contribution is 2.42. The van der Waals surface area contributed by atoms with Gasteiger partial charge in [0.25, 0.3) is 0 Å². The Morgan fingerprint density at radius 2 is 1.92 bits per heavy atom. The third-order valence-electron chi connectivity index (χ3n) is 4.80. The number of anilines is 2. The molecule has 3 atom stereocenters. The quantitative estimate of drug-likeness (QED) is 0.936. The van der Waals surface area contributed by atoms with Crippen LogP contribution in [-0.4, -0.2) is 24.0 Å². The molecule has 0 radical (unpaired) electrons. The highest BCUT2D eigenvalue weighted by atomic mass is 16.5. The maximum Gasteiger partial charge on any atom is 0.224 e. The predicted octanol–water partition coefficient (Wildman–Crippen LogP) is 3.63. The van der Waals surface area contributed by atoms with Gasteiger partial charge in [0.2, 0.25) is 11.8 Å². The van der Waals surface area contributed by atoms with Gasteiger partial charge < -0.3 is 15.0 Å². The van der Waals surface area contributed by atoms with Gasteiger partial charge in [-0.05, 0) is 24.6 Å². The van der Waals surface area contributed by atoms with Crippen LogP contribution in [0.15, 0.2) is 42.5 Å². The largest absolute Gasteiger partial charge is 0.481 e. The topological polar surface area (TPSA) is 54.5 Å². The lowest BCUT2D eigenvalue weighted by molar-refractivity contribution is -0.117. The van der Waals surface area contributed by atoms with Gasteiger partial charge in [0, 0.05) is 30.6 Å². The van der Waals surface area contributed by atoms with E-state index < -0.39 is 0 Å². The normalized spacial score (nSPS) is 22.7. The molecule has 5 heteroatoms. The summed E-state index contributed by atoms with van der Waals surface area (Å²) in [5.74, 6) is 1.65. The molecule has 0 aliphatic carbocycles. The summed E-state index contributed by atoms with van der Waals surface area (Å²) in [4.78, 5) is 18.5. The minimum atomic E-state index is 0.0692. The number of ether oxygens (including phenoxy) is 1. The van der Waals surface area contributed by atoms with E-state index in [-0.39, 0.29) is 23.9 Å². The second-order valence-electron chi connectivity index (χ2n) is 6.23. The molecule has 1 amide bonds. The summed E-state index contributed by atoms with van der Waals surface area (Å²) in [5, 5.41) is 3.52. The minimum Gasteiger partial charge on any atom is -0.481 e. The van der Waals surface area contributed by atoms with E-state index in [0.717, 1.165) is 17.1 Å². The number of aromatic nitrogens is 1. The van der Waals surface area contributed by atoms with Crippen LogP contribution < -0.4 is 15.0 Å². The molecule has 0 saturated carbocycles. The van der Waals surface area contributed by atoms with Crippen LogP contribution in [-0.2, 0) is 4.79 Å². The number of para-hydroxylation sites is 1. The first-order valence-corrected chi connectivity index (χ1v) is 8.19. The smallest absolute Gasteiger partial charge is 0.224 e. The molecule has 1 aliphatic heterocycles. The Balaban J connectivity index is 2.00. The van der Waals surface area contributed by atoms with Crippen molar-refractivity contribution in [2.75, 3.05) is 17.3 Å². The standard InChI is InChI=1S/C19H23N3O2/c1-12-13(2)22(14(3)23)16-9-6-5-8-15(16)19(12)21-17-10-7-11-18(20-17)24-4/h5-13,19H,1-4H3,(H,20,21). The summed E-state index contributed by atoms with van der Waals surface area (Å²) in [7, 11) is 1.61. The van der Waals surface area contributed by atoms with E-state index in [1.54, 1.807) is 14.0 Å². The van der Waals surface area contributed by atoms with Crippen molar-refractivity contribution in [1.82, 2.24) is 4.98 Å². The van der Waals surface area contributed by atoms with Gasteiger partial charge in [0.05, 0.1) is 13.2 Å². The first-order valence-electron chi connectivity index (χ1n) is 8.19. The number of nitrogens with one attached hydrogen (secondary N) is 1. The van der Waals surface area contributed by atoms with Crippen molar-refractivity contribution < 1.29 is 9.53 Å². The second kappa shape index (κ2) is 6.51. The molecule has 0 saturated heterocycles. The lowest BCUT2D eigenvalue weighted by Crippen LogP contribution is -2.48. The van der Waals surface area contributed by atoms with E-state index in [9.17, 15) is 4.79 Å². The van der Waals surface area contributed by atoms with Crippen LogP contribution in [0.1, 0.15) is 32.4 Å². The summed E-state index contributed by atoms with van der Waals surface area (Å²) in [5.41, 5.74) is 2.08. The number of rotatable bonds is 3. The molecule has 3 rings (SSSR count). The highest BCUT2D eigenvalue weighted by Gasteiger charge is 2.37. The molecule has 0 bridgehead atoms. The van der Waals surface area contributed by atoms with Crippen molar-refractivity contribution in [3.8, 4) is 5.88 Å². The number of nitrogens with zero attached hydrogens (tertiary/aromatic N) is 2. The molecule has 1 aromatic heterocycles. The zero-order valence-electron chi connectivity index (χ0n) is 14.5. The van der Waals surface area contributed by atoms with Gasteiger partial charge in [0.15, 0.2) is 0 Å². The molecule has 1 aromatic carbocycles. The zero-order valence-corrected chi connectivity index (χ0v) is 14.5. The van der Waals surface area contributed by atoms with E-state index in [0.29, 0.717) is 5.88 Å². The fourth-order valence-corrected chi connectivity index (χ4v) is 3.42. The molecule has 3 unspecified atom stereocenters.